The van der Waals surface area contributed by atoms with Crippen molar-refractivity contribution in [3.05, 3.63) is 71.3 Å². The molecule has 0 aliphatic carbocycles. The third kappa shape index (κ3) is 6.07. The minimum absolute atomic E-state index is 0.122. The Balaban J connectivity index is 1.57. The summed E-state index contributed by atoms with van der Waals surface area (Å²) in [6.07, 6.45) is 0. The number of rotatable bonds is 6. The molecule has 0 spiro atoms. The van der Waals surface area contributed by atoms with Crippen LogP contribution in [0.2, 0.25) is 0 Å². The van der Waals surface area contributed by atoms with Crippen LogP contribution in [0, 0.1) is 11.6 Å². The van der Waals surface area contributed by atoms with Crippen molar-refractivity contribution in [1.82, 2.24) is 15.5 Å². The van der Waals surface area contributed by atoms with Gasteiger partial charge in [0.15, 0.2) is 0 Å². The van der Waals surface area contributed by atoms with Gasteiger partial charge < -0.3 is 15.4 Å². The normalized spacial score (nSPS) is 15.5. The van der Waals surface area contributed by atoms with E-state index in [-0.39, 0.29) is 30.8 Å². The van der Waals surface area contributed by atoms with Gasteiger partial charge in [-0.15, -0.1) is 0 Å². The van der Waals surface area contributed by atoms with Gasteiger partial charge in [0.05, 0.1) is 19.3 Å². The van der Waals surface area contributed by atoms with Gasteiger partial charge in [-0.05, 0) is 35.4 Å². The van der Waals surface area contributed by atoms with Crippen LogP contribution in [0.1, 0.15) is 17.2 Å². The Bertz CT molecular complexity index is 822. The molecule has 1 fully saturated rings. The number of carbonyl (C=O) groups excluding carboxylic acids is 2. The van der Waals surface area contributed by atoms with Crippen LogP contribution in [-0.2, 0) is 20.9 Å². The molecule has 0 saturated carbocycles. The molecule has 2 aromatic rings. The standard InChI is InChI=1S/C21H23F2N3O3/c22-17-5-1-15(2-6-17)13-24-20(27)21(28)25-14-19(26-9-11-29-12-10-26)16-3-7-18(23)8-4-16/h1-8,19H,9-14H2,(H,24,27)(H,25,28). The lowest BCUT2D eigenvalue weighted by molar-refractivity contribution is -0.139. The molecule has 1 unspecified atom stereocenters. The molecule has 2 aromatic carbocycles. The highest BCUT2D eigenvalue weighted by molar-refractivity contribution is 6.35. The Hall–Kier alpha value is -2.84. The molecule has 1 heterocycles. The Kier molecular flexibility index (Phi) is 7.26. The highest BCUT2D eigenvalue weighted by Gasteiger charge is 2.24. The maximum Gasteiger partial charge on any atom is 0.309 e. The molecular formula is C21H23F2N3O3. The second kappa shape index (κ2) is 10.1. The van der Waals surface area contributed by atoms with Gasteiger partial charge in [-0.25, -0.2) is 8.78 Å². The number of nitrogens with zero attached hydrogens (tertiary/aromatic N) is 1. The Morgan fingerprint density at radius 1 is 0.897 bits per heavy atom. The van der Waals surface area contributed by atoms with Gasteiger partial charge in [0.25, 0.3) is 0 Å². The monoisotopic (exact) mass is 403 g/mol. The van der Waals surface area contributed by atoms with E-state index in [9.17, 15) is 18.4 Å². The summed E-state index contributed by atoms with van der Waals surface area (Å²) < 4.78 is 31.6. The molecule has 2 N–H and O–H groups in total. The van der Waals surface area contributed by atoms with Crippen LogP contribution < -0.4 is 10.6 Å². The van der Waals surface area contributed by atoms with E-state index >= 15 is 0 Å². The van der Waals surface area contributed by atoms with Crippen LogP contribution in [0.5, 0.6) is 0 Å². The predicted molar refractivity (Wildman–Crippen MR) is 103 cm³/mol. The molecule has 6 nitrogen and oxygen atoms in total. The fraction of sp³-hybridized carbons (Fsp3) is 0.333. The van der Waals surface area contributed by atoms with Crippen molar-refractivity contribution < 1.29 is 23.1 Å². The fourth-order valence-electron chi connectivity index (χ4n) is 3.17. The van der Waals surface area contributed by atoms with E-state index in [0.717, 1.165) is 5.56 Å². The number of nitrogens with one attached hydrogen (secondary N) is 2. The average Bonchev–Trinajstić information content (AvgIpc) is 2.75. The fourth-order valence-corrected chi connectivity index (χ4v) is 3.17. The highest BCUT2D eigenvalue weighted by atomic mass is 19.1. The maximum absolute atomic E-state index is 13.3. The number of ether oxygens (including phenoxy) is 1. The Labute approximate surface area is 167 Å². The van der Waals surface area contributed by atoms with E-state index in [1.54, 1.807) is 12.1 Å². The van der Waals surface area contributed by atoms with Crippen LogP contribution in [0.3, 0.4) is 0 Å². The predicted octanol–water partition coefficient (Wildman–Crippen LogP) is 1.77. The zero-order valence-corrected chi connectivity index (χ0v) is 15.9. The van der Waals surface area contributed by atoms with Gasteiger partial charge >= 0.3 is 11.8 Å². The molecule has 154 valence electrons. The van der Waals surface area contributed by atoms with Crippen LogP contribution in [0.15, 0.2) is 48.5 Å². The first-order chi connectivity index (χ1) is 14.0. The zero-order valence-electron chi connectivity index (χ0n) is 15.9. The van der Waals surface area contributed by atoms with Gasteiger partial charge in [-0.3, -0.25) is 14.5 Å². The average molecular weight is 403 g/mol. The third-order valence-corrected chi connectivity index (χ3v) is 4.77. The summed E-state index contributed by atoms with van der Waals surface area (Å²) >= 11 is 0. The zero-order chi connectivity index (χ0) is 20.6. The van der Waals surface area contributed by atoms with Gasteiger partial charge in [-0.1, -0.05) is 24.3 Å². The topological polar surface area (TPSA) is 70.7 Å². The molecular weight excluding hydrogens is 380 g/mol. The van der Waals surface area contributed by atoms with Crippen molar-refractivity contribution in [3.63, 3.8) is 0 Å². The summed E-state index contributed by atoms with van der Waals surface area (Å²) in [6, 6.07) is 11.6. The maximum atomic E-state index is 13.3. The second-order valence-electron chi connectivity index (χ2n) is 6.73. The van der Waals surface area contributed by atoms with E-state index < -0.39 is 11.8 Å². The largest absolute Gasteiger partial charge is 0.379 e. The van der Waals surface area contributed by atoms with Crippen molar-refractivity contribution in [2.45, 2.75) is 12.6 Å². The molecule has 1 atom stereocenters. The number of carbonyl (C=O) groups is 2. The Morgan fingerprint density at radius 2 is 1.45 bits per heavy atom. The van der Waals surface area contributed by atoms with Crippen molar-refractivity contribution in [3.8, 4) is 0 Å². The number of hydrogen-bond donors (Lipinski definition) is 2. The smallest absolute Gasteiger partial charge is 0.309 e. The lowest BCUT2D eigenvalue weighted by atomic mass is 10.0. The lowest BCUT2D eigenvalue weighted by Gasteiger charge is -2.34. The molecule has 0 aromatic heterocycles. The molecule has 1 saturated heterocycles. The first-order valence-electron chi connectivity index (χ1n) is 9.40. The van der Waals surface area contributed by atoms with E-state index in [2.05, 4.69) is 15.5 Å². The molecule has 29 heavy (non-hydrogen) atoms. The number of hydrogen-bond acceptors (Lipinski definition) is 4. The van der Waals surface area contributed by atoms with Crippen molar-refractivity contribution in [1.29, 1.82) is 0 Å². The summed E-state index contributed by atoms with van der Waals surface area (Å²) in [5, 5.41) is 5.16. The third-order valence-electron chi connectivity index (χ3n) is 4.77. The van der Waals surface area contributed by atoms with E-state index in [0.29, 0.717) is 31.9 Å². The molecule has 2 amide bonds. The number of amides is 2. The summed E-state index contributed by atoms with van der Waals surface area (Å²) in [5.41, 5.74) is 1.53. The minimum atomic E-state index is -0.769. The molecule has 3 rings (SSSR count). The SMILES string of the molecule is O=C(NCc1ccc(F)cc1)C(=O)NCC(c1ccc(F)cc1)N1CCOCC1. The van der Waals surface area contributed by atoms with Crippen LogP contribution in [0.25, 0.3) is 0 Å². The van der Waals surface area contributed by atoms with Gasteiger partial charge in [-0.2, -0.15) is 0 Å². The molecule has 0 bridgehead atoms. The van der Waals surface area contributed by atoms with Crippen molar-refractivity contribution >= 4 is 11.8 Å². The van der Waals surface area contributed by atoms with Crippen LogP contribution in [0.4, 0.5) is 8.78 Å². The number of halogens is 2. The van der Waals surface area contributed by atoms with Crippen LogP contribution >= 0.6 is 0 Å². The van der Waals surface area contributed by atoms with E-state index in [1.807, 2.05) is 0 Å². The quantitative estimate of drug-likeness (QED) is 0.722. The number of morpholine rings is 1. The first-order valence-corrected chi connectivity index (χ1v) is 9.40. The second-order valence-corrected chi connectivity index (χ2v) is 6.73. The lowest BCUT2D eigenvalue weighted by Crippen LogP contribution is -2.46. The van der Waals surface area contributed by atoms with Gasteiger partial charge in [0.1, 0.15) is 11.6 Å². The van der Waals surface area contributed by atoms with E-state index in [1.165, 1.54) is 36.4 Å². The Morgan fingerprint density at radius 3 is 2.07 bits per heavy atom. The molecule has 1 aliphatic heterocycles. The first kappa shape index (κ1) is 20.9. The minimum Gasteiger partial charge on any atom is -0.379 e. The summed E-state index contributed by atoms with van der Waals surface area (Å²) in [4.78, 5) is 26.4. The molecule has 8 heteroatoms. The van der Waals surface area contributed by atoms with Crippen LogP contribution in [-0.4, -0.2) is 49.6 Å². The summed E-state index contributed by atoms with van der Waals surface area (Å²) in [7, 11) is 0. The van der Waals surface area contributed by atoms with E-state index in [4.69, 9.17) is 4.74 Å². The summed E-state index contributed by atoms with van der Waals surface area (Å²) in [5.74, 6) is -2.23. The summed E-state index contributed by atoms with van der Waals surface area (Å²) in [6.45, 7) is 2.82. The van der Waals surface area contributed by atoms with Crippen molar-refractivity contribution in [2.24, 2.45) is 0 Å². The molecule has 0 radical (unpaired) electrons. The van der Waals surface area contributed by atoms with Gasteiger partial charge in [0, 0.05) is 26.2 Å². The van der Waals surface area contributed by atoms with Gasteiger partial charge in [0.2, 0.25) is 0 Å². The highest BCUT2D eigenvalue weighted by Crippen LogP contribution is 2.21. The number of benzene rings is 2. The molecule has 1 aliphatic rings. The van der Waals surface area contributed by atoms with Crippen molar-refractivity contribution in [2.75, 3.05) is 32.8 Å².